The summed E-state index contributed by atoms with van der Waals surface area (Å²) >= 11 is 0. The molecule has 2 rings (SSSR count). The topological polar surface area (TPSA) is 79.3 Å². The molecule has 1 heterocycles. The van der Waals surface area contributed by atoms with E-state index in [1.165, 1.54) is 7.11 Å². The molecule has 0 spiro atoms. The van der Waals surface area contributed by atoms with Crippen molar-refractivity contribution in [1.29, 1.82) is 0 Å². The lowest BCUT2D eigenvalue weighted by Crippen LogP contribution is -2.30. The van der Waals surface area contributed by atoms with Gasteiger partial charge in [0, 0.05) is 18.2 Å². The molecule has 1 aromatic heterocycles. The Morgan fingerprint density at radius 1 is 1.19 bits per heavy atom. The molecule has 0 radical (unpaired) electrons. The number of rotatable bonds is 8. The molecule has 0 bridgehead atoms. The fourth-order valence-electron chi connectivity index (χ4n) is 2.37. The van der Waals surface area contributed by atoms with Gasteiger partial charge in [-0.2, -0.15) is 18.2 Å². The molecule has 0 aliphatic carbocycles. The fraction of sp³-hybridized carbons (Fsp3) is 0.444. The third-order valence-electron chi connectivity index (χ3n) is 3.98. The zero-order valence-corrected chi connectivity index (χ0v) is 15.3. The third-order valence-corrected chi connectivity index (χ3v) is 3.98. The molecule has 27 heavy (non-hydrogen) atoms. The highest BCUT2D eigenvalue weighted by Gasteiger charge is 2.34. The maximum Gasteiger partial charge on any atom is 0.433 e. The second kappa shape index (κ2) is 8.90. The van der Waals surface area contributed by atoms with Gasteiger partial charge in [0.05, 0.1) is 19.8 Å². The van der Waals surface area contributed by atoms with Crippen LogP contribution in [0.4, 0.5) is 24.9 Å². The number of methoxy groups -OCH3 is 1. The molecular formula is C18H23F3N4O2. The van der Waals surface area contributed by atoms with Crippen molar-refractivity contribution in [2.75, 3.05) is 24.4 Å². The first-order chi connectivity index (χ1) is 12.7. The normalized spacial score (nSPS) is 12.7. The van der Waals surface area contributed by atoms with Gasteiger partial charge < -0.3 is 20.5 Å². The van der Waals surface area contributed by atoms with E-state index >= 15 is 0 Å². The van der Waals surface area contributed by atoms with Gasteiger partial charge >= 0.3 is 6.18 Å². The van der Waals surface area contributed by atoms with Crippen LogP contribution in [0.15, 0.2) is 30.3 Å². The first-order valence-corrected chi connectivity index (χ1v) is 8.44. The van der Waals surface area contributed by atoms with Crippen molar-refractivity contribution in [1.82, 2.24) is 9.97 Å². The van der Waals surface area contributed by atoms with Crippen LogP contribution in [-0.2, 0) is 12.7 Å². The molecule has 0 unspecified atom stereocenters. The van der Waals surface area contributed by atoms with Crippen LogP contribution >= 0.6 is 0 Å². The molecule has 0 amide bonds. The lowest BCUT2D eigenvalue weighted by atomic mass is 10.1. The highest BCUT2D eigenvalue weighted by Crippen LogP contribution is 2.30. The minimum absolute atomic E-state index is 0.0156. The molecule has 0 aliphatic heterocycles. The number of anilines is 2. The lowest BCUT2D eigenvalue weighted by molar-refractivity contribution is -0.141. The summed E-state index contributed by atoms with van der Waals surface area (Å²) in [6.45, 7) is 3.65. The van der Waals surface area contributed by atoms with Crippen LogP contribution in [0.25, 0.3) is 0 Å². The molecule has 1 aromatic carbocycles. The largest absolute Gasteiger partial charge is 0.496 e. The monoisotopic (exact) mass is 384 g/mol. The quantitative estimate of drug-likeness (QED) is 0.646. The van der Waals surface area contributed by atoms with E-state index < -0.39 is 17.9 Å². The Hall–Kier alpha value is -2.55. The van der Waals surface area contributed by atoms with Crippen LogP contribution in [0.3, 0.4) is 0 Å². The predicted molar refractivity (Wildman–Crippen MR) is 96.7 cm³/mol. The molecule has 0 saturated carbocycles. The number of hydrogen-bond acceptors (Lipinski definition) is 6. The Bertz CT molecular complexity index is 754. The van der Waals surface area contributed by atoms with Crippen LogP contribution in [0, 0.1) is 5.92 Å². The number of ether oxygens (including phenoxy) is 1. The van der Waals surface area contributed by atoms with E-state index in [0.717, 1.165) is 11.6 Å². The summed E-state index contributed by atoms with van der Waals surface area (Å²) in [6.07, 6.45) is -4.62. The number of nitrogens with zero attached hydrogens (tertiary/aromatic N) is 2. The van der Waals surface area contributed by atoms with Crippen molar-refractivity contribution in [2.45, 2.75) is 32.6 Å². The minimum Gasteiger partial charge on any atom is -0.496 e. The fourth-order valence-corrected chi connectivity index (χ4v) is 2.37. The summed E-state index contributed by atoms with van der Waals surface area (Å²) in [5.74, 6) is 0.429. The van der Waals surface area contributed by atoms with E-state index in [1.54, 1.807) is 18.2 Å². The second-order valence-electron chi connectivity index (χ2n) is 6.30. The second-order valence-corrected chi connectivity index (χ2v) is 6.30. The molecule has 6 nitrogen and oxygen atoms in total. The van der Waals surface area contributed by atoms with E-state index in [1.807, 2.05) is 19.9 Å². The van der Waals surface area contributed by atoms with E-state index in [-0.39, 0.29) is 30.8 Å². The highest BCUT2D eigenvalue weighted by atomic mass is 19.4. The van der Waals surface area contributed by atoms with Crippen molar-refractivity contribution in [2.24, 2.45) is 5.92 Å². The summed E-state index contributed by atoms with van der Waals surface area (Å²) in [5, 5.41) is 15.0. The number of aliphatic hydroxyl groups excluding tert-OH is 1. The Morgan fingerprint density at radius 2 is 1.89 bits per heavy atom. The van der Waals surface area contributed by atoms with Gasteiger partial charge in [-0.3, -0.25) is 0 Å². The summed E-state index contributed by atoms with van der Waals surface area (Å²) in [7, 11) is 1.52. The molecule has 0 aliphatic rings. The Morgan fingerprint density at radius 3 is 2.48 bits per heavy atom. The molecule has 2 aromatic rings. The zero-order valence-electron chi connectivity index (χ0n) is 15.3. The number of aromatic nitrogens is 2. The lowest BCUT2D eigenvalue weighted by Gasteiger charge is -2.21. The maximum atomic E-state index is 13.2. The standard InChI is InChI=1S/C18H23F3N4O2/c1-11(2)13(10-26)23-17-24-15(18(19,20)21)8-16(25-17)22-9-12-6-4-5-7-14(12)27-3/h4-8,11,13,26H,9-10H2,1-3H3,(H2,22,23,24,25)/t13-/m0/s1. The predicted octanol–water partition coefficient (Wildman–Crippen LogP) is 3.54. The Kier molecular flexibility index (Phi) is 6.84. The number of alkyl halides is 3. The van der Waals surface area contributed by atoms with Gasteiger partial charge in [0.1, 0.15) is 11.6 Å². The minimum atomic E-state index is -4.62. The number of aliphatic hydroxyl groups is 1. The molecule has 1 atom stereocenters. The van der Waals surface area contributed by atoms with Gasteiger partial charge in [-0.1, -0.05) is 32.0 Å². The summed E-state index contributed by atoms with van der Waals surface area (Å²) in [5.41, 5.74) is -0.292. The van der Waals surface area contributed by atoms with Crippen LogP contribution < -0.4 is 15.4 Å². The summed E-state index contributed by atoms with van der Waals surface area (Å²) < 4.78 is 44.8. The van der Waals surface area contributed by atoms with Gasteiger partial charge in [-0.15, -0.1) is 0 Å². The van der Waals surface area contributed by atoms with Crippen molar-refractivity contribution in [3.63, 3.8) is 0 Å². The maximum absolute atomic E-state index is 13.2. The molecular weight excluding hydrogens is 361 g/mol. The smallest absolute Gasteiger partial charge is 0.433 e. The SMILES string of the molecule is COc1ccccc1CNc1cc(C(F)(F)F)nc(N[C@@H](CO)C(C)C)n1. The molecule has 3 N–H and O–H groups in total. The van der Waals surface area contributed by atoms with Crippen molar-refractivity contribution in [3.8, 4) is 5.75 Å². The van der Waals surface area contributed by atoms with Gasteiger partial charge in [-0.25, -0.2) is 4.98 Å². The average Bonchev–Trinajstić information content (AvgIpc) is 2.63. The number of nitrogens with one attached hydrogen (secondary N) is 2. The van der Waals surface area contributed by atoms with E-state index in [9.17, 15) is 18.3 Å². The van der Waals surface area contributed by atoms with E-state index in [4.69, 9.17) is 4.74 Å². The first kappa shape index (κ1) is 20.8. The highest BCUT2D eigenvalue weighted by molar-refractivity contribution is 5.45. The first-order valence-electron chi connectivity index (χ1n) is 8.44. The van der Waals surface area contributed by atoms with Gasteiger partial charge in [0.15, 0.2) is 5.69 Å². The summed E-state index contributed by atoms with van der Waals surface area (Å²) in [6, 6.07) is 7.57. The van der Waals surface area contributed by atoms with Crippen LogP contribution in [-0.4, -0.2) is 34.8 Å². The van der Waals surface area contributed by atoms with Crippen LogP contribution in [0.2, 0.25) is 0 Å². The molecule has 148 valence electrons. The van der Waals surface area contributed by atoms with E-state index in [0.29, 0.717) is 5.75 Å². The van der Waals surface area contributed by atoms with Crippen LogP contribution in [0.5, 0.6) is 5.75 Å². The third kappa shape index (κ3) is 5.72. The molecule has 9 heteroatoms. The van der Waals surface area contributed by atoms with Gasteiger partial charge in [0.25, 0.3) is 0 Å². The summed E-state index contributed by atoms with van der Waals surface area (Å²) in [4.78, 5) is 7.64. The molecule has 0 saturated heterocycles. The zero-order chi connectivity index (χ0) is 20.0. The van der Waals surface area contributed by atoms with E-state index in [2.05, 4.69) is 20.6 Å². The Balaban J connectivity index is 2.27. The average molecular weight is 384 g/mol. The number of hydrogen-bond donors (Lipinski definition) is 3. The number of halogens is 3. The van der Waals surface area contributed by atoms with Crippen molar-refractivity contribution < 1.29 is 23.0 Å². The van der Waals surface area contributed by atoms with Crippen molar-refractivity contribution >= 4 is 11.8 Å². The molecule has 0 fully saturated rings. The van der Waals surface area contributed by atoms with Crippen LogP contribution in [0.1, 0.15) is 25.1 Å². The number of para-hydroxylation sites is 1. The number of benzene rings is 1. The Labute approximate surface area is 155 Å². The van der Waals surface area contributed by atoms with Gasteiger partial charge in [0.2, 0.25) is 5.95 Å². The van der Waals surface area contributed by atoms with Crippen molar-refractivity contribution in [3.05, 3.63) is 41.6 Å². The van der Waals surface area contributed by atoms with Gasteiger partial charge in [-0.05, 0) is 12.0 Å².